The topological polar surface area (TPSA) is 3.24 Å². The molecule has 0 aromatic heterocycles. The molecule has 47 heavy (non-hydrogen) atoms. The minimum Gasteiger partial charge on any atom is -0.375 e. The van der Waals surface area contributed by atoms with Gasteiger partial charge in [0.2, 0.25) is 0 Å². The second-order valence-corrected chi connectivity index (χ2v) is 15.0. The lowest BCUT2D eigenvalue weighted by Gasteiger charge is -2.27. The zero-order chi connectivity index (χ0) is 33.7. The average molecular weight is 652 g/mol. The van der Waals surface area contributed by atoms with Gasteiger partial charge >= 0.3 is 0 Å². The molecular weight excluding hydrogens is 567 g/mol. The van der Waals surface area contributed by atoms with Crippen LogP contribution >= 0.6 is 0 Å². The number of hydrogen-bond acceptors (Lipinski definition) is 1. The van der Waals surface area contributed by atoms with Crippen LogP contribution in [0.4, 0.5) is 0 Å². The lowest BCUT2D eigenvalue weighted by molar-refractivity contribution is 0.317. The summed E-state index contributed by atoms with van der Waals surface area (Å²) in [5.41, 5.74) is 2.89. The predicted octanol–water partition coefficient (Wildman–Crippen LogP) is 16.3. The lowest BCUT2D eigenvalue weighted by atomic mass is 10.0. The molecule has 1 heteroatoms. The van der Waals surface area contributed by atoms with Crippen molar-refractivity contribution in [1.82, 2.24) is 4.90 Å². The molecule has 1 aromatic carbocycles. The molecule has 0 N–H and O–H groups in total. The molecule has 1 aromatic rings. The van der Waals surface area contributed by atoms with Crippen LogP contribution in [0.3, 0.4) is 0 Å². The van der Waals surface area contributed by atoms with E-state index in [0.717, 1.165) is 6.42 Å². The summed E-state index contributed by atoms with van der Waals surface area (Å²) in [6, 6.07) is 11.0. The van der Waals surface area contributed by atoms with Gasteiger partial charge in [-0.2, -0.15) is 0 Å². The van der Waals surface area contributed by atoms with Crippen molar-refractivity contribution in [3.63, 3.8) is 0 Å². The normalized spacial score (nSPS) is 11.9. The van der Waals surface area contributed by atoms with Gasteiger partial charge in [-0.3, -0.25) is 0 Å². The molecule has 274 valence electrons. The van der Waals surface area contributed by atoms with E-state index in [2.05, 4.69) is 62.1 Å². The summed E-state index contributed by atoms with van der Waals surface area (Å²) >= 11 is 0. The van der Waals surface area contributed by atoms with Crippen molar-refractivity contribution in [2.24, 2.45) is 0 Å². The van der Waals surface area contributed by atoms with Gasteiger partial charge in [0.15, 0.2) is 0 Å². The third-order valence-corrected chi connectivity index (χ3v) is 10.5. The molecular formula is C46H85N. The first-order chi connectivity index (χ1) is 23.3. The first kappa shape index (κ1) is 43.8. The standard InChI is InChI=1S/C46H85N/c1-4-7-9-11-13-15-17-19-21-23-25-27-29-31-33-38-42-47(46(6-3)44-45-40-36-35-37-41-45)43-39-34-32-30-28-26-24-22-20-18-16-14-12-10-8-5-2/h35-37,40-41,44H,4-34,38-39,42-43H2,1-3H3. The SMILES string of the molecule is CCCCCCCCCCCCCCCCCCN(CCCCCCCCCCCCCCCCCC)C(=Cc1ccccc1)CC. The minimum atomic E-state index is 1.13. The number of hydrogen-bond donors (Lipinski definition) is 0. The fraction of sp³-hybridized carbons (Fsp3) is 0.826. The Morgan fingerprint density at radius 3 is 0.936 bits per heavy atom. The van der Waals surface area contributed by atoms with E-state index in [9.17, 15) is 0 Å². The van der Waals surface area contributed by atoms with Gasteiger partial charge in [-0.25, -0.2) is 0 Å². The van der Waals surface area contributed by atoms with Gasteiger partial charge in [0.25, 0.3) is 0 Å². The monoisotopic (exact) mass is 652 g/mol. The maximum Gasteiger partial charge on any atom is 0.0175 e. The fourth-order valence-corrected chi connectivity index (χ4v) is 7.26. The van der Waals surface area contributed by atoms with E-state index in [4.69, 9.17) is 0 Å². The van der Waals surface area contributed by atoms with E-state index in [1.54, 1.807) is 0 Å². The highest BCUT2D eigenvalue weighted by Crippen LogP contribution is 2.19. The van der Waals surface area contributed by atoms with Crippen LogP contribution in [0.5, 0.6) is 0 Å². The second-order valence-electron chi connectivity index (χ2n) is 15.0. The molecule has 0 aliphatic carbocycles. The third-order valence-electron chi connectivity index (χ3n) is 10.5. The molecule has 0 atom stereocenters. The van der Waals surface area contributed by atoms with Crippen molar-refractivity contribution in [3.05, 3.63) is 41.6 Å². The van der Waals surface area contributed by atoms with Crippen molar-refractivity contribution in [2.75, 3.05) is 13.1 Å². The molecule has 0 unspecified atom stereocenters. The summed E-state index contributed by atoms with van der Waals surface area (Å²) in [5, 5.41) is 0. The van der Waals surface area contributed by atoms with Gasteiger partial charge in [-0.1, -0.05) is 244 Å². The molecule has 0 aliphatic rings. The van der Waals surface area contributed by atoms with Crippen LogP contribution in [0.25, 0.3) is 6.08 Å². The quantitative estimate of drug-likeness (QED) is 0.0647. The zero-order valence-electron chi connectivity index (χ0n) is 32.7. The fourth-order valence-electron chi connectivity index (χ4n) is 7.26. The van der Waals surface area contributed by atoms with Crippen LogP contribution in [-0.4, -0.2) is 18.0 Å². The zero-order valence-corrected chi connectivity index (χ0v) is 32.7. The first-order valence-corrected chi connectivity index (χ1v) is 21.8. The van der Waals surface area contributed by atoms with E-state index >= 15 is 0 Å². The van der Waals surface area contributed by atoms with Crippen molar-refractivity contribution in [1.29, 1.82) is 0 Å². The van der Waals surface area contributed by atoms with Gasteiger partial charge in [0.05, 0.1) is 0 Å². The van der Waals surface area contributed by atoms with Crippen LogP contribution in [0.1, 0.15) is 238 Å². The summed E-state index contributed by atoms with van der Waals surface area (Å²) in [7, 11) is 0. The molecule has 0 saturated carbocycles. The average Bonchev–Trinajstić information content (AvgIpc) is 3.09. The number of allylic oxidation sites excluding steroid dienone is 1. The molecule has 0 bridgehead atoms. The van der Waals surface area contributed by atoms with E-state index in [1.165, 1.54) is 230 Å². The predicted molar refractivity (Wildman–Crippen MR) is 215 cm³/mol. The Morgan fingerprint density at radius 2 is 0.660 bits per heavy atom. The van der Waals surface area contributed by atoms with Crippen molar-refractivity contribution in [2.45, 2.75) is 233 Å². The summed E-state index contributed by atoms with van der Waals surface area (Å²) in [4.78, 5) is 2.75. The van der Waals surface area contributed by atoms with Crippen molar-refractivity contribution < 1.29 is 0 Å². The molecule has 0 saturated heterocycles. The molecule has 0 radical (unpaired) electrons. The van der Waals surface area contributed by atoms with E-state index in [1.807, 2.05) is 0 Å². The maximum absolute atomic E-state index is 2.75. The Hall–Kier alpha value is -1.24. The molecule has 0 aliphatic heterocycles. The molecule has 1 nitrogen and oxygen atoms in total. The second kappa shape index (κ2) is 36.1. The van der Waals surface area contributed by atoms with Crippen molar-refractivity contribution in [3.8, 4) is 0 Å². The Balaban J connectivity index is 2.16. The highest BCUT2D eigenvalue weighted by atomic mass is 15.1. The third kappa shape index (κ3) is 29.4. The first-order valence-electron chi connectivity index (χ1n) is 21.8. The summed E-state index contributed by atoms with van der Waals surface area (Å²) in [6.07, 6.45) is 49.7. The number of benzene rings is 1. The minimum absolute atomic E-state index is 1.13. The Labute approximate surface area is 297 Å². The van der Waals surface area contributed by atoms with Crippen LogP contribution < -0.4 is 0 Å². The van der Waals surface area contributed by atoms with Gasteiger partial charge < -0.3 is 4.90 Å². The number of rotatable bonds is 37. The van der Waals surface area contributed by atoms with E-state index < -0.39 is 0 Å². The number of nitrogens with zero attached hydrogens (tertiary/aromatic N) is 1. The van der Waals surface area contributed by atoms with Crippen LogP contribution in [0.15, 0.2) is 36.0 Å². The van der Waals surface area contributed by atoms with E-state index in [0.29, 0.717) is 0 Å². The molecule has 0 heterocycles. The Bertz CT molecular complexity index is 716. The molecule has 0 spiro atoms. The Morgan fingerprint density at radius 1 is 0.383 bits per heavy atom. The van der Waals surface area contributed by atoms with E-state index in [-0.39, 0.29) is 0 Å². The van der Waals surface area contributed by atoms with Crippen LogP contribution in [0, 0.1) is 0 Å². The van der Waals surface area contributed by atoms with Gasteiger partial charge in [0.1, 0.15) is 0 Å². The van der Waals surface area contributed by atoms with Crippen molar-refractivity contribution >= 4 is 6.08 Å². The molecule has 0 fully saturated rings. The smallest absolute Gasteiger partial charge is 0.0175 e. The highest BCUT2D eigenvalue weighted by molar-refractivity contribution is 5.52. The largest absolute Gasteiger partial charge is 0.375 e. The lowest BCUT2D eigenvalue weighted by Crippen LogP contribution is -2.25. The highest BCUT2D eigenvalue weighted by Gasteiger charge is 2.09. The number of unbranched alkanes of at least 4 members (excludes halogenated alkanes) is 30. The molecule has 0 amide bonds. The summed E-state index contributed by atoms with van der Waals surface area (Å²) < 4.78 is 0. The van der Waals surface area contributed by atoms with Gasteiger partial charge in [-0.05, 0) is 30.9 Å². The van der Waals surface area contributed by atoms with Crippen LogP contribution in [-0.2, 0) is 0 Å². The summed E-state index contributed by atoms with van der Waals surface area (Å²) in [5.74, 6) is 0. The van der Waals surface area contributed by atoms with Crippen LogP contribution in [0.2, 0.25) is 0 Å². The van der Waals surface area contributed by atoms with Gasteiger partial charge in [-0.15, -0.1) is 0 Å². The summed E-state index contributed by atoms with van der Waals surface area (Å²) in [6.45, 7) is 9.45. The van der Waals surface area contributed by atoms with Gasteiger partial charge in [0, 0.05) is 18.8 Å². The maximum atomic E-state index is 2.75. The molecule has 1 rings (SSSR count). The Kier molecular flexibility index (Phi) is 33.6.